The second-order valence-corrected chi connectivity index (χ2v) is 6.43. The fourth-order valence-electron chi connectivity index (χ4n) is 2.95. The zero-order valence-corrected chi connectivity index (χ0v) is 11.9. The van der Waals surface area contributed by atoms with Crippen molar-refractivity contribution < 1.29 is 4.79 Å². The Morgan fingerprint density at radius 1 is 1.50 bits per heavy atom. The molecule has 4 nitrogen and oxygen atoms in total. The Morgan fingerprint density at radius 3 is 3.06 bits per heavy atom. The van der Waals surface area contributed by atoms with Crippen LogP contribution in [0, 0.1) is 0 Å². The Bertz CT molecular complexity index is 464. The molecule has 2 aliphatic rings. The van der Waals surface area contributed by atoms with Gasteiger partial charge in [-0.1, -0.05) is 22.9 Å². The third-order valence-electron chi connectivity index (χ3n) is 3.89. The first-order valence-corrected chi connectivity index (χ1v) is 7.50. The summed E-state index contributed by atoms with van der Waals surface area (Å²) in [5.74, 6) is 0. The first-order valence-electron chi connectivity index (χ1n) is 6.31. The molecule has 1 aromatic rings. The van der Waals surface area contributed by atoms with Gasteiger partial charge < -0.3 is 4.90 Å². The second-order valence-electron chi connectivity index (χ2n) is 5.06. The molecule has 0 amide bonds. The van der Waals surface area contributed by atoms with Crippen LogP contribution in [-0.2, 0) is 0 Å². The minimum absolute atomic E-state index is 0.339. The molecule has 0 radical (unpaired) electrons. The number of rotatable bonds is 2. The molecule has 0 aliphatic carbocycles. The second kappa shape index (κ2) is 4.79. The monoisotopic (exact) mass is 285 g/mol. The van der Waals surface area contributed by atoms with Gasteiger partial charge in [-0.05, 0) is 26.3 Å². The molecule has 0 N–H and O–H groups in total. The molecule has 0 bridgehead atoms. The van der Waals surface area contributed by atoms with Crippen molar-refractivity contribution in [2.75, 3.05) is 24.5 Å². The largest absolute Gasteiger partial charge is 0.342 e. The van der Waals surface area contributed by atoms with E-state index in [-0.39, 0.29) is 0 Å². The standard InChI is InChI=1S/C12H16ClN3OS/c1-8-5-15-4-2-3-9(15)6-16(8)12-14-11(13)10(7-17)18-12/h7-9H,2-6H2,1H3. The van der Waals surface area contributed by atoms with E-state index in [4.69, 9.17) is 11.6 Å². The van der Waals surface area contributed by atoms with Crippen molar-refractivity contribution in [2.24, 2.45) is 0 Å². The van der Waals surface area contributed by atoms with Gasteiger partial charge in [0.15, 0.2) is 16.6 Å². The van der Waals surface area contributed by atoms with Gasteiger partial charge in [0.05, 0.1) is 0 Å². The summed E-state index contributed by atoms with van der Waals surface area (Å²) in [7, 11) is 0. The average molecular weight is 286 g/mol. The molecule has 0 spiro atoms. The number of aromatic nitrogens is 1. The lowest BCUT2D eigenvalue weighted by molar-refractivity contribution is 0.112. The lowest BCUT2D eigenvalue weighted by Crippen LogP contribution is -2.55. The van der Waals surface area contributed by atoms with E-state index in [1.165, 1.54) is 30.7 Å². The summed E-state index contributed by atoms with van der Waals surface area (Å²) in [5, 5.41) is 1.23. The Labute approximate surface area is 116 Å². The van der Waals surface area contributed by atoms with Crippen LogP contribution in [0.3, 0.4) is 0 Å². The van der Waals surface area contributed by atoms with Gasteiger partial charge in [-0.2, -0.15) is 0 Å². The number of hydrogen-bond acceptors (Lipinski definition) is 5. The molecule has 6 heteroatoms. The maximum Gasteiger partial charge on any atom is 0.187 e. The number of anilines is 1. The number of hydrogen-bond donors (Lipinski definition) is 0. The highest BCUT2D eigenvalue weighted by atomic mass is 35.5. The fraction of sp³-hybridized carbons (Fsp3) is 0.667. The number of nitrogens with zero attached hydrogens (tertiary/aromatic N) is 3. The third-order valence-corrected chi connectivity index (χ3v) is 5.31. The van der Waals surface area contributed by atoms with Crippen LogP contribution >= 0.6 is 22.9 Å². The Morgan fingerprint density at radius 2 is 2.33 bits per heavy atom. The summed E-state index contributed by atoms with van der Waals surface area (Å²) in [6.07, 6.45) is 3.35. The lowest BCUT2D eigenvalue weighted by Gasteiger charge is -2.42. The quantitative estimate of drug-likeness (QED) is 0.781. The fourth-order valence-corrected chi connectivity index (χ4v) is 4.13. The van der Waals surface area contributed by atoms with Gasteiger partial charge in [0, 0.05) is 25.2 Å². The van der Waals surface area contributed by atoms with E-state index >= 15 is 0 Å². The van der Waals surface area contributed by atoms with E-state index in [0.717, 1.165) is 24.5 Å². The SMILES string of the molecule is CC1CN2CCCC2CN1c1nc(Cl)c(C=O)s1. The number of piperazine rings is 1. The topological polar surface area (TPSA) is 36.4 Å². The Balaban J connectivity index is 1.84. The van der Waals surface area contributed by atoms with Gasteiger partial charge in [0.25, 0.3) is 0 Å². The average Bonchev–Trinajstić information content (AvgIpc) is 2.93. The predicted molar refractivity (Wildman–Crippen MR) is 73.9 cm³/mol. The minimum atomic E-state index is 0.339. The summed E-state index contributed by atoms with van der Waals surface area (Å²) < 4.78 is 0. The predicted octanol–water partition coefficient (Wildman–Crippen LogP) is 2.28. The maximum absolute atomic E-state index is 10.8. The number of halogens is 1. The molecule has 3 rings (SSSR count). The van der Waals surface area contributed by atoms with Crippen LogP contribution in [0.2, 0.25) is 5.15 Å². The van der Waals surface area contributed by atoms with Gasteiger partial charge in [-0.25, -0.2) is 4.98 Å². The Kier molecular flexibility index (Phi) is 3.30. The number of aldehydes is 1. The van der Waals surface area contributed by atoms with E-state index in [1.54, 1.807) is 0 Å². The van der Waals surface area contributed by atoms with Crippen LogP contribution in [0.15, 0.2) is 0 Å². The van der Waals surface area contributed by atoms with E-state index in [9.17, 15) is 4.79 Å². The molecule has 0 aromatic carbocycles. The van der Waals surface area contributed by atoms with Crippen LogP contribution in [-0.4, -0.2) is 47.9 Å². The van der Waals surface area contributed by atoms with Gasteiger partial charge in [0.2, 0.25) is 0 Å². The first kappa shape index (κ1) is 12.4. The van der Waals surface area contributed by atoms with E-state index in [2.05, 4.69) is 21.7 Å². The third kappa shape index (κ3) is 2.04. The van der Waals surface area contributed by atoms with Gasteiger partial charge in [0.1, 0.15) is 4.88 Å². The zero-order chi connectivity index (χ0) is 12.7. The summed E-state index contributed by atoms with van der Waals surface area (Å²) in [5.41, 5.74) is 0. The molecule has 18 heavy (non-hydrogen) atoms. The molecule has 0 saturated carbocycles. The molecular weight excluding hydrogens is 270 g/mol. The van der Waals surface area contributed by atoms with Crippen molar-refractivity contribution in [3.8, 4) is 0 Å². The zero-order valence-electron chi connectivity index (χ0n) is 10.3. The minimum Gasteiger partial charge on any atom is -0.342 e. The molecule has 1 aromatic heterocycles. The molecule has 2 fully saturated rings. The van der Waals surface area contributed by atoms with Crippen LogP contribution in [0.25, 0.3) is 0 Å². The number of carbonyl (C=O) groups excluding carboxylic acids is 1. The van der Waals surface area contributed by atoms with E-state index in [0.29, 0.717) is 22.1 Å². The smallest absolute Gasteiger partial charge is 0.187 e. The van der Waals surface area contributed by atoms with Crippen molar-refractivity contribution >= 4 is 34.4 Å². The highest BCUT2D eigenvalue weighted by Gasteiger charge is 2.35. The molecule has 2 atom stereocenters. The van der Waals surface area contributed by atoms with E-state index in [1.807, 2.05) is 0 Å². The molecule has 3 heterocycles. The summed E-state index contributed by atoms with van der Waals surface area (Å²) in [6, 6.07) is 1.07. The van der Waals surface area contributed by atoms with Crippen molar-refractivity contribution in [1.82, 2.24) is 9.88 Å². The molecule has 98 valence electrons. The summed E-state index contributed by atoms with van der Waals surface area (Å²) >= 11 is 7.35. The van der Waals surface area contributed by atoms with E-state index < -0.39 is 0 Å². The van der Waals surface area contributed by atoms with Gasteiger partial charge in [-0.15, -0.1) is 0 Å². The number of thiazole rings is 1. The van der Waals surface area contributed by atoms with Crippen molar-refractivity contribution in [1.29, 1.82) is 0 Å². The van der Waals surface area contributed by atoms with Gasteiger partial charge in [-0.3, -0.25) is 9.69 Å². The summed E-state index contributed by atoms with van der Waals surface area (Å²) in [4.78, 5) is 20.6. The molecule has 2 aliphatic heterocycles. The van der Waals surface area contributed by atoms with Gasteiger partial charge >= 0.3 is 0 Å². The van der Waals surface area contributed by atoms with Crippen molar-refractivity contribution in [2.45, 2.75) is 31.8 Å². The van der Waals surface area contributed by atoms with Crippen LogP contribution < -0.4 is 4.90 Å². The molecule has 2 saturated heterocycles. The normalized spacial score (nSPS) is 28.4. The van der Waals surface area contributed by atoms with Crippen LogP contribution in [0.4, 0.5) is 5.13 Å². The highest BCUT2D eigenvalue weighted by Crippen LogP contribution is 2.33. The number of fused-ring (bicyclic) bond motifs is 1. The maximum atomic E-state index is 10.8. The Hall–Kier alpha value is -0.650. The lowest BCUT2D eigenvalue weighted by atomic mass is 10.1. The molecular formula is C12H16ClN3OS. The van der Waals surface area contributed by atoms with Crippen molar-refractivity contribution in [3.05, 3.63) is 10.0 Å². The first-order chi connectivity index (χ1) is 8.69. The van der Waals surface area contributed by atoms with Crippen molar-refractivity contribution in [3.63, 3.8) is 0 Å². The highest BCUT2D eigenvalue weighted by molar-refractivity contribution is 7.17. The van der Waals surface area contributed by atoms with Crippen LogP contribution in [0.5, 0.6) is 0 Å². The molecule has 2 unspecified atom stereocenters. The number of carbonyl (C=O) groups is 1. The summed E-state index contributed by atoms with van der Waals surface area (Å²) in [6.45, 7) is 5.52. The van der Waals surface area contributed by atoms with Crippen LogP contribution in [0.1, 0.15) is 29.4 Å².